The van der Waals surface area contributed by atoms with E-state index in [1.807, 2.05) is 5.38 Å². The Balaban J connectivity index is 0.00000112. The van der Waals surface area contributed by atoms with E-state index in [2.05, 4.69) is 36.2 Å². The fourth-order valence-corrected chi connectivity index (χ4v) is 1.90. The molecule has 0 amide bonds. The van der Waals surface area contributed by atoms with Gasteiger partial charge in [-0.25, -0.2) is 4.98 Å². The van der Waals surface area contributed by atoms with Crippen molar-refractivity contribution in [3.05, 3.63) is 35.2 Å². The van der Waals surface area contributed by atoms with Crippen LogP contribution in [0.3, 0.4) is 0 Å². The molecule has 0 aliphatic rings. The molecule has 0 atom stereocenters. The Labute approximate surface area is 99.6 Å². The smallest absolute Gasteiger partial charge is 0.180 e. The van der Waals surface area contributed by atoms with Gasteiger partial charge in [-0.1, -0.05) is 31.2 Å². The number of nitrogens with zero attached hydrogens (tertiary/aromatic N) is 1. The molecule has 0 unspecified atom stereocenters. The van der Waals surface area contributed by atoms with Crippen LogP contribution in [0.2, 0.25) is 0 Å². The molecule has 0 saturated heterocycles. The highest BCUT2D eigenvalue weighted by molar-refractivity contribution is 7.13. The van der Waals surface area contributed by atoms with Crippen LogP contribution in [0.25, 0.3) is 11.3 Å². The van der Waals surface area contributed by atoms with Gasteiger partial charge in [0.1, 0.15) is 0 Å². The maximum atomic E-state index is 5.58. The summed E-state index contributed by atoms with van der Waals surface area (Å²) >= 11 is 1.48. The summed E-state index contributed by atoms with van der Waals surface area (Å²) in [7, 11) is 0. The van der Waals surface area contributed by atoms with E-state index in [1.54, 1.807) is 0 Å². The lowest BCUT2D eigenvalue weighted by molar-refractivity contribution is -0.00000289. The van der Waals surface area contributed by atoms with E-state index < -0.39 is 0 Å². The summed E-state index contributed by atoms with van der Waals surface area (Å²) in [5.74, 6) is 0. The second-order valence-corrected chi connectivity index (χ2v) is 4.01. The van der Waals surface area contributed by atoms with Gasteiger partial charge < -0.3 is 18.1 Å². The number of hydrogen-bond acceptors (Lipinski definition) is 3. The number of nitrogen functional groups attached to an aromatic ring is 1. The van der Waals surface area contributed by atoms with Crippen LogP contribution in [0.1, 0.15) is 12.5 Å². The van der Waals surface area contributed by atoms with E-state index in [9.17, 15) is 0 Å². The molecule has 1 aromatic heterocycles. The molecule has 2 aromatic rings. The molecule has 0 radical (unpaired) electrons. The third-order valence-corrected chi connectivity index (χ3v) is 2.85. The second-order valence-electron chi connectivity index (χ2n) is 3.12. The third kappa shape index (κ3) is 2.70. The number of nitrogens with two attached hydrogens (primary N) is 1. The number of halogens is 1. The van der Waals surface area contributed by atoms with Crippen molar-refractivity contribution in [3.63, 3.8) is 0 Å². The van der Waals surface area contributed by atoms with E-state index in [0.717, 1.165) is 17.7 Å². The normalized spacial score (nSPS) is 9.67. The van der Waals surface area contributed by atoms with Crippen LogP contribution in [-0.2, 0) is 6.42 Å². The molecule has 2 nitrogen and oxygen atoms in total. The maximum absolute atomic E-state index is 5.58. The second kappa shape index (κ2) is 5.14. The fourth-order valence-electron chi connectivity index (χ4n) is 1.33. The van der Waals surface area contributed by atoms with Crippen molar-refractivity contribution in [2.24, 2.45) is 0 Å². The van der Waals surface area contributed by atoms with Crippen molar-refractivity contribution < 1.29 is 12.4 Å². The molecule has 4 heteroatoms. The lowest BCUT2D eigenvalue weighted by Crippen LogP contribution is -3.00. The highest BCUT2D eigenvalue weighted by Gasteiger charge is 2.01. The lowest BCUT2D eigenvalue weighted by atomic mass is 10.1. The van der Waals surface area contributed by atoms with Gasteiger partial charge in [-0.05, 0) is 12.0 Å². The first kappa shape index (κ1) is 12.0. The third-order valence-electron chi connectivity index (χ3n) is 2.18. The quantitative estimate of drug-likeness (QED) is 0.799. The number of aromatic nitrogens is 1. The molecule has 0 aliphatic carbocycles. The fraction of sp³-hybridized carbons (Fsp3) is 0.182. The van der Waals surface area contributed by atoms with Crippen LogP contribution in [0.5, 0.6) is 0 Å². The molecule has 2 N–H and O–H groups in total. The first-order valence-corrected chi connectivity index (χ1v) is 5.48. The highest BCUT2D eigenvalue weighted by Crippen LogP contribution is 2.23. The molecule has 0 fully saturated rings. The van der Waals surface area contributed by atoms with E-state index in [-0.39, 0.29) is 12.4 Å². The standard InChI is InChI=1S/C11H12N2S.ClH/c1-2-8-3-5-9(6-4-8)10-7-14-11(12)13-10;/h3-7H,2H2,1H3,(H2,12,13);1H/p-1. The van der Waals surface area contributed by atoms with Crippen LogP contribution >= 0.6 is 11.3 Å². The van der Waals surface area contributed by atoms with Crippen LogP contribution < -0.4 is 18.1 Å². The van der Waals surface area contributed by atoms with Gasteiger partial charge in [0.25, 0.3) is 0 Å². The van der Waals surface area contributed by atoms with Crippen molar-refractivity contribution in [1.29, 1.82) is 0 Å². The van der Waals surface area contributed by atoms with Crippen molar-refractivity contribution >= 4 is 16.5 Å². The molecular weight excluding hydrogens is 228 g/mol. The summed E-state index contributed by atoms with van der Waals surface area (Å²) in [5, 5.41) is 2.61. The molecule has 0 bridgehead atoms. The van der Waals surface area contributed by atoms with Gasteiger partial charge in [0.2, 0.25) is 0 Å². The largest absolute Gasteiger partial charge is 1.00 e. The minimum Gasteiger partial charge on any atom is -1.00 e. The van der Waals surface area contributed by atoms with E-state index in [4.69, 9.17) is 5.73 Å². The summed E-state index contributed by atoms with van der Waals surface area (Å²) in [6.45, 7) is 2.15. The van der Waals surface area contributed by atoms with Gasteiger partial charge in [-0.3, -0.25) is 0 Å². The summed E-state index contributed by atoms with van der Waals surface area (Å²) in [6.07, 6.45) is 1.07. The molecule has 0 saturated carbocycles. The minimum atomic E-state index is 0. The number of aryl methyl sites for hydroxylation is 1. The van der Waals surface area contributed by atoms with Gasteiger partial charge in [-0.15, -0.1) is 11.3 Å². The van der Waals surface area contributed by atoms with Crippen LogP contribution in [0.15, 0.2) is 29.6 Å². The number of hydrogen-bond donors (Lipinski definition) is 1. The Morgan fingerprint density at radius 3 is 2.40 bits per heavy atom. The summed E-state index contributed by atoms with van der Waals surface area (Å²) < 4.78 is 0. The van der Waals surface area contributed by atoms with Crippen molar-refractivity contribution in [2.45, 2.75) is 13.3 Å². The van der Waals surface area contributed by atoms with Crippen LogP contribution in [0, 0.1) is 0 Å². The Morgan fingerprint density at radius 2 is 1.93 bits per heavy atom. The number of anilines is 1. The van der Waals surface area contributed by atoms with E-state index >= 15 is 0 Å². The minimum absolute atomic E-state index is 0. The lowest BCUT2D eigenvalue weighted by Gasteiger charge is -1.98. The average molecular weight is 240 g/mol. The predicted octanol–water partition coefficient (Wildman–Crippen LogP) is -0.0413. The topological polar surface area (TPSA) is 38.9 Å². The zero-order valence-electron chi connectivity index (χ0n) is 8.40. The monoisotopic (exact) mass is 239 g/mol. The van der Waals surface area contributed by atoms with Gasteiger partial charge in [0, 0.05) is 10.9 Å². The highest BCUT2D eigenvalue weighted by atomic mass is 35.5. The Bertz CT molecular complexity index is 422. The molecular formula is C11H12ClN2S-. The summed E-state index contributed by atoms with van der Waals surface area (Å²) in [4.78, 5) is 4.23. The van der Waals surface area contributed by atoms with E-state index in [0.29, 0.717) is 5.13 Å². The van der Waals surface area contributed by atoms with Crippen molar-refractivity contribution in [3.8, 4) is 11.3 Å². The molecule has 0 aliphatic heterocycles. The Morgan fingerprint density at radius 1 is 1.27 bits per heavy atom. The van der Waals surface area contributed by atoms with Crippen LogP contribution in [-0.4, -0.2) is 4.98 Å². The number of benzene rings is 1. The molecule has 15 heavy (non-hydrogen) atoms. The van der Waals surface area contributed by atoms with Gasteiger partial charge >= 0.3 is 0 Å². The molecule has 1 heterocycles. The summed E-state index contributed by atoms with van der Waals surface area (Å²) in [5.41, 5.74) is 9.03. The zero-order valence-corrected chi connectivity index (χ0v) is 9.98. The molecule has 80 valence electrons. The average Bonchev–Trinajstić information content (AvgIpc) is 2.65. The predicted molar refractivity (Wildman–Crippen MR) is 61.3 cm³/mol. The SMILES string of the molecule is CCc1ccc(-c2csc(N)n2)cc1.[Cl-]. The molecule has 0 spiro atoms. The van der Waals surface area contributed by atoms with Gasteiger partial charge in [0.15, 0.2) is 5.13 Å². The van der Waals surface area contributed by atoms with Gasteiger partial charge in [-0.2, -0.15) is 0 Å². The maximum Gasteiger partial charge on any atom is 0.180 e. The first-order chi connectivity index (χ1) is 6.79. The molecule has 2 rings (SSSR count). The van der Waals surface area contributed by atoms with Crippen molar-refractivity contribution in [2.75, 3.05) is 5.73 Å². The Hall–Kier alpha value is -1.06. The van der Waals surface area contributed by atoms with Gasteiger partial charge in [0.05, 0.1) is 5.69 Å². The zero-order chi connectivity index (χ0) is 9.97. The number of thiazole rings is 1. The number of rotatable bonds is 2. The van der Waals surface area contributed by atoms with Crippen molar-refractivity contribution in [1.82, 2.24) is 4.98 Å². The Kier molecular flexibility index (Phi) is 4.12. The summed E-state index contributed by atoms with van der Waals surface area (Å²) in [6, 6.07) is 8.44. The molecule has 1 aromatic carbocycles. The van der Waals surface area contributed by atoms with E-state index in [1.165, 1.54) is 16.9 Å². The first-order valence-electron chi connectivity index (χ1n) is 4.60. The van der Waals surface area contributed by atoms with Crippen LogP contribution in [0.4, 0.5) is 5.13 Å².